The number of fused-ring (bicyclic) bond motifs is 1. The molecule has 2 N–H and O–H groups in total. The number of methoxy groups -OCH3 is 2. The average Bonchev–Trinajstić information content (AvgIpc) is 3.68. The van der Waals surface area contributed by atoms with Crippen LogP contribution in [0.4, 0.5) is 0 Å². The van der Waals surface area contributed by atoms with Crippen molar-refractivity contribution in [3.63, 3.8) is 0 Å². The molecule has 0 saturated heterocycles. The zero-order valence-corrected chi connectivity index (χ0v) is 25.2. The predicted molar refractivity (Wildman–Crippen MR) is 165 cm³/mol. The molecule has 0 amide bonds. The third-order valence-corrected chi connectivity index (χ3v) is 7.44. The van der Waals surface area contributed by atoms with Gasteiger partial charge < -0.3 is 38.5 Å². The maximum atomic E-state index is 12.6. The highest BCUT2D eigenvalue weighted by molar-refractivity contribution is 5.94. The molecule has 0 aliphatic carbocycles. The fourth-order valence-corrected chi connectivity index (χ4v) is 5.14. The van der Waals surface area contributed by atoms with E-state index in [1.807, 2.05) is 16.8 Å². The molecule has 3 heterocycles. The highest BCUT2D eigenvalue weighted by Gasteiger charge is 2.23. The van der Waals surface area contributed by atoms with Gasteiger partial charge in [-0.05, 0) is 30.7 Å². The van der Waals surface area contributed by atoms with Gasteiger partial charge in [0.2, 0.25) is 12.7 Å². The number of aromatic nitrogens is 2. The van der Waals surface area contributed by atoms with E-state index in [9.17, 15) is 19.8 Å². The van der Waals surface area contributed by atoms with Crippen LogP contribution in [0, 0.1) is 0 Å². The first-order chi connectivity index (χ1) is 21.8. The fourth-order valence-electron chi connectivity index (χ4n) is 5.14. The molecule has 0 radical (unpaired) electrons. The van der Waals surface area contributed by atoms with E-state index in [4.69, 9.17) is 23.7 Å². The summed E-state index contributed by atoms with van der Waals surface area (Å²) in [5, 5.41) is 19.9. The molecule has 0 fully saturated rings. The number of unbranched alkanes of at least 4 members (excludes halogenated alkanes) is 1. The normalized spacial score (nSPS) is 12.2. The van der Waals surface area contributed by atoms with Gasteiger partial charge in [-0.3, -0.25) is 0 Å². The number of rotatable bonds is 14. The van der Waals surface area contributed by atoms with E-state index < -0.39 is 11.9 Å². The number of carbonyl (C=O) groups is 2. The SMILES string of the molecule is CCCCn1ccc(/C=C(\Cc2cc3c(cc2OC)OCO3)C(=O)O)c1-c1cnc(OC)cc1OCc1ccccc1C(=O)O. The van der Waals surface area contributed by atoms with Crippen molar-refractivity contribution in [1.82, 2.24) is 9.55 Å². The van der Waals surface area contributed by atoms with E-state index in [2.05, 4.69) is 11.9 Å². The molecule has 45 heavy (non-hydrogen) atoms. The summed E-state index contributed by atoms with van der Waals surface area (Å²) in [5.41, 5.74) is 3.35. The summed E-state index contributed by atoms with van der Waals surface area (Å²) in [6.45, 7) is 2.83. The molecule has 1 aliphatic rings. The van der Waals surface area contributed by atoms with Crippen molar-refractivity contribution in [2.75, 3.05) is 21.0 Å². The quantitative estimate of drug-likeness (QED) is 0.161. The van der Waals surface area contributed by atoms with Crippen LogP contribution in [-0.2, 0) is 24.4 Å². The third kappa shape index (κ3) is 6.87. The van der Waals surface area contributed by atoms with E-state index in [1.165, 1.54) is 20.3 Å². The highest BCUT2D eigenvalue weighted by Crippen LogP contribution is 2.40. The van der Waals surface area contributed by atoms with Crippen LogP contribution < -0.4 is 23.7 Å². The standard InChI is InChI=1S/C34H34N2O9/c1-4-5-11-36-12-10-21(13-24(33(37)38)14-23-15-29-30(45-20-44-29)16-27(23)41-2)32(36)26-18-35-31(42-3)17-28(26)43-19-22-8-6-7-9-25(22)34(39)40/h6-10,12-13,15-18H,4-5,11,14,19-20H2,1-3H3,(H,37,38)(H,39,40)/b24-13+. The second-order valence-corrected chi connectivity index (χ2v) is 10.3. The molecule has 5 rings (SSSR count). The molecule has 0 atom stereocenters. The first-order valence-electron chi connectivity index (χ1n) is 14.4. The lowest BCUT2D eigenvalue weighted by atomic mass is 10.00. The maximum Gasteiger partial charge on any atom is 0.336 e. The summed E-state index contributed by atoms with van der Waals surface area (Å²) in [6.07, 6.45) is 7.06. The summed E-state index contributed by atoms with van der Waals surface area (Å²) in [6, 6.07) is 13.6. The van der Waals surface area contributed by atoms with Crippen molar-refractivity contribution in [1.29, 1.82) is 0 Å². The number of ether oxygens (including phenoxy) is 5. The first kappa shape index (κ1) is 31.0. The first-order valence-corrected chi connectivity index (χ1v) is 14.4. The van der Waals surface area contributed by atoms with Gasteiger partial charge in [-0.1, -0.05) is 31.5 Å². The molecule has 0 saturated carbocycles. The van der Waals surface area contributed by atoms with Gasteiger partial charge in [-0.15, -0.1) is 0 Å². The minimum absolute atomic E-state index is 0.0201. The summed E-state index contributed by atoms with van der Waals surface area (Å²) < 4.78 is 30.1. The van der Waals surface area contributed by atoms with Crippen molar-refractivity contribution in [2.24, 2.45) is 0 Å². The lowest BCUT2D eigenvalue weighted by Crippen LogP contribution is -2.08. The number of carboxylic acids is 2. The average molecular weight is 615 g/mol. The summed E-state index contributed by atoms with van der Waals surface area (Å²) in [7, 11) is 3.01. The Hall–Kier alpha value is -5.45. The number of pyridine rings is 1. The van der Waals surface area contributed by atoms with Crippen LogP contribution in [0.15, 0.2) is 66.5 Å². The van der Waals surface area contributed by atoms with Gasteiger partial charge in [0.25, 0.3) is 0 Å². The van der Waals surface area contributed by atoms with Gasteiger partial charge in [0.15, 0.2) is 11.5 Å². The molecular weight excluding hydrogens is 580 g/mol. The minimum atomic E-state index is -1.09. The summed E-state index contributed by atoms with van der Waals surface area (Å²) >= 11 is 0. The Bertz CT molecular complexity index is 1740. The van der Waals surface area contributed by atoms with Crippen LogP contribution >= 0.6 is 0 Å². The molecule has 2 aromatic heterocycles. The van der Waals surface area contributed by atoms with E-state index in [0.717, 1.165) is 12.8 Å². The van der Waals surface area contributed by atoms with Crippen molar-refractivity contribution < 1.29 is 43.5 Å². The van der Waals surface area contributed by atoms with Crippen molar-refractivity contribution >= 4 is 18.0 Å². The Kier molecular flexibility index (Phi) is 9.57. The van der Waals surface area contributed by atoms with Crippen LogP contribution in [0.25, 0.3) is 17.3 Å². The lowest BCUT2D eigenvalue weighted by molar-refractivity contribution is -0.132. The van der Waals surface area contributed by atoms with Crippen molar-refractivity contribution in [2.45, 2.75) is 39.3 Å². The van der Waals surface area contributed by atoms with E-state index >= 15 is 0 Å². The van der Waals surface area contributed by atoms with Crippen LogP contribution in [0.1, 0.15) is 46.8 Å². The zero-order chi connectivity index (χ0) is 31.9. The molecule has 2 aromatic carbocycles. The minimum Gasteiger partial charge on any atom is -0.496 e. The van der Waals surface area contributed by atoms with E-state index in [0.29, 0.717) is 63.4 Å². The Morgan fingerprint density at radius 3 is 2.49 bits per heavy atom. The van der Waals surface area contributed by atoms with Gasteiger partial charge in [0.05, 0.1) is 31.0 Å². The molecule has 11 nitrogen and oxygen atoms in total. The molecule has 11 heteroatoms. The summed E-state index contributed by atoms with van der Waals surface area (Å²) in [4.78, 5) is 28.8. The van der Waals surface area contributed by atoms with Crippen LogP contribution in [0.2, 0.25) is 0 Å². The number of nitrogens with zero attached hydrogens (tertiary/aromatic N) is 2. The Labute approximate surface area is 260 Å². The number of aromatic carboxylic acids is 1. The number of aryl methyl sites for hydroxylation is 1. The molecule has 0 spiro atoms. The van der Waals surface area contributed by atoms with Crippen LogP contribution in [0.3, 0.4) is 0 Å². The Morgan fingerprint density at radius 1 is 1.00 bits per heavy atom. The second kappa shape index (κ2) is 13.9. The number of carboxylic acid groups (broad SMARTS) is 2. The highest BCUT2D eigenvalue weighted by atomic mass is 16.7. The van der Waals surface area contributed by atoms with Crippen LogP contribution in [-0.4, -0.2) is 52.7 Å². The van der Waals surface area contributed by atoms with Gasteiger partial charge in [0, 0.05) is 59.8 Å². The van der Waals surface area contributed by atoms with E-state index in [-0.39, 0.29) is 31.0 Å². The molecule has 4 aromatic rings. The fraction of sp³-hybridized carbons (Fsp3) is 0.265. The number of aliphatic carboxylic acids is 1. The zero-order valence-electron chi connectivity index (χ0n) is 25.2. The molecular formula is C34H34N2O9. The molecule has 0 bridgehead atoms. The van der Waals surface area contributed by atoms with E-state index in [1.54, 1.807) is 48.7 Å². The van der Waals surface area contributed by atoms with Crippen molar-refractivity contribution in [3.8, 4) is 40.1 Å². The van der Waals surface area contributed by atoms with Gasteiger partial charge in [0.1, 0.15) is 18.1 Å². The van der Waals surface area contributed by atoms with Crippen molar-refractivity contribution in [3.05, 3.63) is 88.8 Å². The Morgan fingerprint density at radius 2 is 1.78 bits per heavy atom. The summed E-state index contributed by atoms with van der Waals surface area (Å²) in [5.74, 6) is 0.130. The topological polar surface area (TPSA) is 139 Å². The predicted octanol–water partition coefficient (Wildman–Crippen LogP) is 6.08. The number of benzene rings is 2. The largest absolute Gasteiger partial charge is 0.496 e. The molecule has 234 valence electrons. The second-order valence-electron chi connectivity index (χ2n) is 10.3. The van der Waals surface area contributed by atoms with Gasteiger partial charge >= 0.3 is 11.9 Å². The lowest BCUT2D eigenvalue weighted by Gasteiger charge is -2.17. The van der Waals surface area contributed by atoms with Gasteiger partial charge in [-0.25, -0.2) is 14.6 Å². The molecule has 0 unspecified atom stereocenters. The maximum absolute atomic E-state index is 12.6. The smallest absolute Gasteiger partial charge is 0.336 e. The monoisotopic (exact) mass is 614 g/mol. The number of hydrogen-bond acceptors (Lipinski definition) is 8. The van der Waals surface area contributed by atoms with Crippen LogP contribution in [0.5, 0.6) is 28.9 Å². The Balaban J connectivity index is 1.58. The number of hydrogen-bond donors (Lipinski definition) is 2. The third-order valence-electron chi connectivity index (χ3n) is 7.44. The van der Waals surface area contributed by atoms with Gasteiger partial charge in [-0.2, -0.15) is 0 Å². The molecule has 1 aliphatic heterocycles.